The zero-order valence-electron chi connectivity index (χ0n) is 8.01. The lowest BCUT2D eigenvalue weighted by molar-refractivity contribution is 0.0470. The van der Waals surface area contributed by atoms with Gasteiger partial charge in [-0.05, 0) is 27.7 Å². The van der Waals surface area contributed by atoms with Gasteiger partial charge < -0.3 is 10.1 Å². The highest BCUT2D eigenvalue weighted by Crippen LogP contribution is 2.06. The predicted molar refractivity (Wildman–Crippen MR) is 44.4 cm³/mol. The molecule has 0 aliphatic heterocycles. The van der Waals surface area contributed by atoms with Gasteiger partial charge in [0.1, 0.15) is 12.2 Å². The fourth-order valence-corrected chi connectivity index (χ4v) is 0.550. The molecule has 0 aromatic rings. The molecule has 1 radical (unpaired) electrons. The van der Waals surface area contributed by atoms with E-state index in [0.717, 1.165) is 0 Å². The van der Waals surface area contributed by atoms with E-state index in [9.17, 15) is 9.90 Å². The molecule has 0 aromatic carbocycles. The van der Waals surface area contributed by atoms with Crippen LogP contribution in [0.3, 0.4) is 0 Å². The Bertz CT molecular complexity index is 151. The van der Waals surface area contributed by atoms with Gasteiger partial charge >= 0.3 is 6.09 Å². The summed E-state index contributed by atoms with van der Waals surface area (Å²) >= 11 is 0. The molecule has 0 aliphatic carbocycles. The molecule has 4 heteroatoms. The third-order valence-electron chi connectivity index (χ3n) is 1.01. The van der Waals surface area contributed by atoms with Crippen molar-refractivity contribution in [2.45, 2.75) is 39.3 Å². The summed E-state index contributed by atoms with van der Waals surface area (Å²) in [6.07, 6.45) is -0.536. The maximum atomic E-state index is 11.0. The number of rotatable bonds is 2. The van der Waals surface area contributed by atoms with Gasteiger partial charge in [0.25, 0.3) is 0 Å². The second kappa shape index (κ2) is 4.30. The van der Waals surface area contributed by atoms with Crippen LogP contribution in [-0.2, 0) is 9.84 Å². The number of alkyl carbamates (subject to hydrolysis) is 1. The predicted octanol–water partition coefficient (Wildman–Crippen LogP) is 1.33. The summed E-state index contributed by atoms with van der Waals surface area (Å²) in [5.74, 6) is 0. The molecule has 0 saturated heterocycles. The monoisotopic (exact) mass is 174 g/mol. The Kier molecular flexibility index (Phi) is 4.03. The molecule has 71 valence electrons. The highest BCUT2D eigenvalue weighted by Gasteiger charge is 2.17. The quantitative estimate of drug-likeness (QED) is 0.686. The number of amides is 1. The lowest BCUT2D eigenvalue weighted by Gasteiger charge is -2.20. The van der Waals surface area contributed by atoms with E-state index in [-0.39, 0.29) is 12.6 Å². The molecule has 0 saturated carbocycles. The molecule has 0 heterocycles. The summed E-state index contributed by atoms with van der Waals surface area (Å²) in [5.41, 5.74) is -0.507. The van der Waals surface area contributed by atoms with Crippen molar-refractivity contribution in [3.05, 3.63) is 0 Å². The van der Waals surface area contributed by atoms with Crippen LogP contribution in [0, 0.1) is 0 Å². The molecule has 1 N–H and O–H groups in total. The number of carbonyl (C=O) groups excluding carboxylic acids is 1. The summed E-state index contributed by atoms with van der Waals surface area (Å²) in [4.78, 5) is 11.0. The van der Waals surface area contributed by atoms with Crippen LogP contribution in [-0.4, -0.2) is 24.3 Å². The van der Waals surface area contributed by atoms with Gasteiger partial charge in [-0.3, -0.25) is 0 Å². The summed E-state index contributed by atoms with van der Waals surface area (Å²) in [6, 6.07) is -0.375. The van der Waals surface area contributed by atoms with Gasteiger partial charge in [-0.25, -0.2) is 9.90 Å². The molecule has 1 atom stereocenters. The van der Waals surface area contributed by atoms with Crippen LogP contribution < -0.4 is 5.32 Å². The van der Waals surface area contributed by atoms with Gasteiger partial charge in [-0.2, -0.15) is 0 Å². The van der Waals surface area contributed by atoms with Crippen LogP contribution in [0.2, 0.25) is 0 Å². The largest absolute Gasteiger partial charge is 0.444 e. The van der Waals surface area contributed by atoms with Crippen LogP contribution in [0.15, 0.2) is 0 Å². The van der Waals surface area contributed by atoms with Crippen molar-refractivity contribution in [3.63, 3.8) is 0 Å². The molecule has 1 unspecified atom stereocenters. The van der Waals surface area contributed by atoms with E-state index in [4.69, 9.17) is 4.74 Å². The third kappa shape index (κ3) is 5.97. The minimum absolute atomic E-state index is 0.334. The molecule has 0 aliphatic rings. The van der Waals surface area contributed by atoms with Crippen molar-refractivity contribution in [2.75, 3.05) is 6.61 Å². The minimum Gasteiger partial charge on any atom is -0.444 e. The smallest absolute Gasteiger partial charge is 0.407 e. The molecule has 0 aromatic heterocycles. The standard InChI is InChI=1S/C8H16NO3/c1-6(5-10)9-7(11)12-8(2,3)4/h6H,5H2,1-4H3,(H,9,11). The lowest BCUT2D eigenvalue weighted by Crippen LogP contribution is -2.39. The van der Waals surface area contributed by atoms with Crippen molar-refractivity contribution in [2.24, 2.45) is 0 Å². The van der Waals surface area contributed by atoms with Crippen LogP contribution in [0.1, 0.15) is 27.7 Å². The average molecular weight is 174 g/mol. The second-order valence-electron chi connectivity index (χ2n) is 3.71. The van der Waals surface area contributed by atoms with Crippen LogP contribution in [0.25, 0.3) is 0 Å². The third-order valence-corrected chi connectivity index (χ3v) is 1.01. The maximum absolute atomic E-state index is 11.0. The van der Waals surface area contributed by atoms with E-state index in [0.29, 0.717) is 0 Å². The first-order chi connectivity index (χ1) is 5.35. The molecule has 12 heavy (non-hydrogen) atoms. The Morgan fingerprint density at radius 1 is 1.50 bits per heavy atom. The fraction of sp³-hybridized carbons (Fsp3) is 0.875. The van der Waals surface area contributed by atoms with Crippen molar-refractivity contribution < 1.29 is 14.6 Å². The van der Waals surface area contributed by atoms with Crippen LogP contribution >= 0.6 is 0 Å². The van der Waals surface area contributed by atoms with E-state index in [1.807, 2.05) is 0 Å². The molecular weight excluding hydrogens is 158 g/mol. The summed E-state index contributed by atoms with van der Waals surface area (Å²) < 4.78 is 4.92. The van der Waals surface area contributed by atoms with E-state index in [1.165, 1.54) is 0 Å². The number of ether oxygens (including phenoxy) is 1. The Morgan fingerprint density at radius 2 is 2.00 bits per heavy atom. The molecule has 0 rings (SSSR count). The lowest BCUT2D eigenvalue weighted by atomic mass is 10.2. The number of hydrogen-bond donors (Lipinski definition) is 1. The number of nitrogens with one attached hydrogen (secondary N) is 1. The molecule has 4 nitrogen and oxygen atoms in total. The van der Waals surface area contributed by atoms with E-state index >= 15 is 0 Å². The van der Waals surface area contributed by atoms with Crippen molar-refractivity contribution in [3.8, 4) is 0 Å². The Labute approximate surface area is 72.9 Å². The molecular formula is C8H16NO3. The SMILES string of the molecule is CC(C[O])NC(=O)OC(C)(C)C. The van der Waals surface area contributed by atoms with Crippen LogP contribution in [0.5, 0.6) is 0 Å². The van der Waals surface area contributed by atoms with E-state index < -0.39 is 11.7 Å². The van der Waals surface area contributed by atoms with Gasteiger partial charge in [0.05, 0.1) is 6.04 Å². The van der Waals surface area contributed by atoms with Gasteiger partial charge in [-0.1, -0.05) is 0 Å². The molecule has 1 amide bonds. The van der Waals surface area contributed by atoms with Gasteiger partial charge in [0.2, 0.25) is 0 Å². The average Bonchev–Trinajstić information content (AvgIpc) is 1.82. The number of carbonyl (C=O) groups is 1. The van der Waals surface area contributed by atoms with Crippen molar-refractivity contribution >= 4 is 6.09 Å². The Morgan fingerprint density at radius 3 is 2.33 bits per heavy atom. The van der Waals surface area contributed by atoms with Crippen molar-refractivity contribution in [1.82, 2.24) is 5.32 Å². The zero-order chi connectivity index (χ0) is 9.78. The summed E-state index contributed by atoms with van der Waals surface area (Å²) in [7, 11) is 0. The van der Waals surface area contributed by atoms with Gasteiger partial charge in [0.15, 0.2) is 0 Å². The highest BCUT2D eigenvalue weighted by molar-refractivity contribution is 5.67. The first-order valence-corrected chi connectivity index (χ1v) is 3.93. The van der Waals surface area contributed by atoms with Crippen LogP contribution in [0.4, 0.5) is 4.79 Å². The second-order valence-corrected chi connectivity index (χ2v) is 3.71. The molecule has 0 bridgehead atoms. The summed E-state index contributed by atoms with van der Waals surface area (Å²) in [6.45, 7) is 6.62. The minimum atomic E-state index is -0.536. The highest BCUT2D eigenvalue weighted by atomic mass is 16.6. The first-order valence-electron chi connectivity index (χ1n) is 3.93. The van der Waals surface area contributed by atoms with Crippen molar-refractivity contribution in [1.29, 1.82) is 0 Å². The molecule has 0 spiro atoms. The maximum Gasteiger partial charge on any atom is 0.407 e. The Balaban J connectivity index is 3.75. The summed E-state index contributed by atoms with van der Waals surface area (Å²) in [5, 5.41) is 12.7. The van der Waals surface area contributed by atoms with E-state index in [1.54, 1.807) is 27.7 Å². The van der Waals surface area contributed by atoms with Gasteiger partial charge in [0, 0.05) is 0 Å². The van der Waals surface area contributed by atoms with Gasteiger partial charge in [-0.15, -0.1) is 0 Å². The fourth-order valence-electron chi connectivity index (χ4n) is 0.550. The zero-order valence-corrected chi connectivity index (χ0v) is 8.01. The molecule has 0 fully saturated rings. The van der Waals surface area contributed by atoms with E-state index in [2.05, 4.69) is 5.32 Å². The first kappa shape index (κ1) is 11.2. The topological polar surface area (TPSA) is 58.2 Å². The Hall–Kier alpha value is -0.770. The number of hydrogen-bond acceptors (Lipinski definition) is 2. The normalized spacial score (nSPS) is 13.8.